The number of nitrogens with two attached hydrogens (primary N) is 1. The highest BCUT2D eigenvalue weighted by molar-refractivity contribution is 5.29. The third-order valence-corrected chi connectivity index (χ3v) is 4.80. The summed E-state index contributed by atoms with van der Waals surface area (Å²) in [6.07, 6.45) is 4.30. The minimum Gasteiger partial charge on any atom is -0.497 e. The van der Waals surface area contributed by atoms with Gasteiger partial charge in [-0.2, -0.15) is 0 Å². The van der Waals surface area contributed by atoms with Crippen molar-refractivity contribution in [2.75, 3.05) is 26.7 Å². The van der Waals surface area contributed by atoms with Crippen LogP contribution in [0.2, 0.25) is 0 Å². The van der Waals surface area contributed by atoms with E-state index < -0.39 is 0 Å². The van der Waals surface area contributed by atoms with Gasteiger partial charge in [-0.3, -0.25) is 0 Å². The van der Waals surface area contributed by atoms with Crippen molar-refractivity contribution in [2.45, 2.75) is 25.3 Å². The number of ether oxygens (including phenoxy) is 1. The lowest BCUT2D eigenvalue weighted by Gasteiger charge is -2.22. The van der Waals surface area contributed by atoms with Gasteiger partial charge >= 0.3 is 0 Å². The molecule has 0 bridgehead atoms. The van der Waals surface area contributed by atoms with Gasteiger partial charge in [-0.25, -0.2) is 0 Å². The molecule has 1 heterocycles. The highest BCUT2D eigenvalue weighted by Crippen LogP contribution is 2.38. The van der Waals surface area contributed by atoms with Crippen molar-refractivity contribution in [3.8, 4) is 5.75 Å². The number of hydrogen-bond acceptors (Lipinski definition) is 3. The maximum atomic E-state index is 6.33. The van der Waals surface area contributed by atoms with Crippen LogP contribution in [0.4, 0.5) is 0 Å². The molecule has 2 fully saturated rings. The Bertz CT molecular complexity index is 405. The number of nitrogens with zero attached hydrogens (tertiary/aromatic N) is 1. The standard InChI is InChI=1S/C16H24N2O/c1-19-15-7-5-12(6-8-15)16(17)11-18-9-13-3-2-4-14(13)10-18/h5-8,13-14,16H,2-4,9-11,17H2,1H3. The fraction of sp³-hybridized carbons (Fsp3) is 0.625. The predicted octanol–water partition coefficient (Wildman–Crippen LogP) is 2.43. The lowest BCUT2D eigenvalue weighted by Crippen LogP contribution is -2.31. The molecule has 0 amide bonds. The van der Waals surface area contributed by atoms with Gasteiger partial charge in [0.2, 0.25) is 0 Å². The zero-order valence-corrected chi connectivity index (χ0v) is 11.7. The average Bonchev–Trinajstić information content (AvgIpc) is 2.99. The van der Waals surface area contributed by atoms with Crippen molar-refractivity contribution in [1.29, 1.82) is 0 Å². The van der Waals surface area contributed by atoms with Crippen molar-refractivity contribution >= 4 is 0 Å². The first-order valence-corrected chi connectivity index (χ1v) is 7.38. The van der Waals surface area contributed by atoms with Crippen molar-refractivity contribution in [3.63, 3.8) is 0 Å². The molecule has 1 saturated heterocycles. The summed E-state index contributed by atoms with van der Waals surface area (Å²) in [5, 5.41) is 0. The number of hydrogen-bond donors (Lipinski definition) is 1. The molecule has 1 aliphatic heterocycles. The van der Waals surface area contributed by atoms with Crippen LogP contribution in [0.25, 0.3) is 0 Å². The van der Waals surface area contributed by atoms with Crippen molar-refractivity contribution in [3.05, 3.63) is 29.8 Å². The van der Waals surface area contributed by atoms with Gasteiger partial charge in [-0.1, -0.05) is 18.6 Å². The lowest BCUT2D eigenvalue weighted by atomic mass is 10.0. The molecule has 104 valence electrons. The van der Waals surface area contributed by atoms with E-state index in [1.54, 1.807) is 7.11 Å². The molecule has 0 spiro atoms. The molecule has 3 nitrogen and oxygen atoms in total. The van der Waals surface area contributed by atoms with Gasteiger partial charge < -0.3 is 15.4 Å². The summed E-state index contributed by atoms with van der Waals surface area (Å²) in [4.78, 5) is 2.56. The van der Waals surface area contributed by atoms with E-state index in [1.807, 2.05) is 12.1 Å². The first-order valence-electron chi connectivity index (χ1n) is 7.38. The quantitative estimate of drug-likeness (QED) is 0.903. The number of likely N-dealkylation sites (tertiary alicyclic amines) is 1. The molecule has 3 atom stereocenters. The monoisotopic (exact) mass is 260 g/mol. The van der Waals surface area contributed by atoms with Crippen LogP contribution in [0.5, 0.6) is 5.75 Å². The van der Waals surface area contributed by atoms with Gasteiger partial charge in [-0.05, 0) is 42.4 Å². The predicted molar refractivity (Wildman–Crippen MR) is 77.2 cm³/mol. The third-order valence-electron chi connectivity index (χ3n) is 4.80. The minimum atomic E-state index is 0.115. The molecule has 1 saturated carbocycles. The third kappa shape index (κ3) is 2.77. The van der Waals surface area contributed by atoms with E-state index in [2.05, 4.69) is 17.0 Å². The number of methoxy groups -OCH3 is 1. The topological polar surface area (TPSA) is 38.5 Å². The molecule has 2 N–H and O–H groups in total. The highest BCUT2D eigenvalue weighted by Gasteiger charge is 2.36. The molecule has 19 heavy (non-hydrogen) atoms. The van der Waals surface area contributed by atoms with Gasteiger partial charge in [0.05, 0.1) is 7.11 Å². The van der Waals surface area contributed by atoms with E-state index in [-0.39, 0.29) is 6.04 Å². The average molecular weight is 260 g/mol. The summed E-state index contributed by atoms with van der Waals surface area (Å²) >= 11 is 0. The van der Waals surface area contributed by atoms with Crippen molar-refractivity contribution < 1.29 is 4.74 Å². The molecule has 1 aromatic rings. The molecule has 3 rings (SSSR count). The molecule has 2 aliphatic rings. The Labute approximate surface area is 115 Å². The van der Waals surface area contributed by atoms with Gasteiger partial charge in [0.1, 0.15) is 5.75 Å². The second-order valence-corrected chi connectivity index (χ2v) is 6.05. The Kier molecular flexibility index (Phi) is 3.76. The minimum absolute atomic E-state index is 0.115. The van der Waals surface area contributed by atoms with Crippen LogP contribution in [-0.4, -0.2) is 31.6 Å². The first kappa shape index (κ1) is 12.9. The van der Waals surface area contributed by atoms with Gasteiger partial charge in [0, 0.05) is 25.7 Å². The molecule has 0 aromatic heterocycles. The van der Waals surface area contributed by atoms with E-state index in [0.717, 1.165) is 24.1 Å². The Hall–Kier alpha value is -1.06. The zero-order chi connectivity index (χ0) is 13.2. The van der Waals surface area contributed by atoms with Crippen LogP contribution >= 0.6 is 0 Å². The lowest BCUT2D eigenvalue weighted by molar-refractivity contribution is 0.292. The molecular formula is C16H24N2O. The van der Waals surface area contributed by atoms with Crippen LogP contribution < -0.4 is 10.5 Å². The van der Waals surface area contributed by atoms with E-state index in [9.17, 15) is 0 Å². The largest absolute Gasteiger partial charge is 0.497 e. The number of fused-ring (bicyclic) bond motifs is 1. The van der Waals surface area contributed by atoms with Gasteiger partial charge in [0.25, 0.3) is 0 Å². The Morgan fingerprint density at radius 1 is 1.21 bits per heavy atom. The molecule has 1 aromatic carbocycles. The summed E-state index contributed by atoms with van der Waals surface area (Å²) in [7, 11) is 1.69. The van der Waals surface area contributed by atoms with Crippen LogP contribution in [-0.2, 0) is 0 Å². The SMILES string of the molecule is COc1ccc(C(N)CN2CC3CCCC3C2)cc1. The van der Waals surface area contributed by atoms with Crippen molar-refractivity contribution in [2.24, 2.45) is 17.6 Å². The summed E-state index contributed by atoms with van der Waals surface area (Å²) < 4.78 is 5.18. The summed E-state index contributed by atoms with van der Waals surface area (Å²) in [6.45, 7) is 3.50. The first-order chi connectivity index (χ1) is 9.26. The van der Waals surface area contributed by atoms with E-state index in [0.29, 0.717) is 0 Å². The molecule has 3 heteroatoms. The van der Waals surface area contributed by atoms with Crippen LogP contribution in [0, 0.1) is 11.8 Å². The van der Waals surface area contributed by atoms with Crippen LogP contribution in [0.3, 0.4) is 0 Å². The fourth-order valence-electron chi connectivity index (χ4n) is 3.72. The van der Waals surface area contributed by atoms with Crippen LogP contribution in [0.15, 0.2) is 24.3 Å². The highest BCUT2D eigenvalue weighted by atomic mass is 16.5. The van der Waals surface area contributed by atoms with E-state index in [1.165, 1.54) is 37.9 Å². The fourth-order valence-corrected chi connectivity index (χ4v) is 3.72. The summed E-state index contributed by atoms with van der Waals surface area (Å²) in [6, 6.07) is 8.27. The second-order valence-electron chi connectivity index (χ2n) is 6.05. The molecule has 1 aliphatic carbocycles. The van der Waals surface area contributed by atoms with Gasteiger partial charge in [0.15, 0.2) is 0 Å². The van der Waals surface area contributed by atoms with E-state index >= 15 is 0 Å². The van der Waals surface area contributed by atoms with Crippen molar-refractivity contribution in [1.82, 2.24) is 4.90 Å². The van der Waals surface area contributed by atoms with Crippen LogP contribution in [0.1, 0.15) is 30.9 Å². The molecular weight excluding hydrogens is 236 g/mol. The Balaban J connectivity index is 1.57. The molecule has 0 radical (unpaired) electrons. The smallest absolute Gasteiger partial charge is 0.118 e. The number of rotatable bonds is 4. The molecule has 3 unspecified atom stereocenters. The Morgan fingerprint density at radius 2 is 1.84 bits per heavy atom. The summed E-state index contributed by atoms with van der Waals surface area (Å²) in [5.74, 6) is 2.79. The normalized spacial score (nSPS) is 28.3. The maximum absolute atomic E-state index is 6.33. The zero-order valence-electron chi connectivity index (χ0n) is 11.7. The number of benzene rings is 1. The Morgan fingerprint density at radius 3 is 2.42 bits per heavy atom. The van der Waals surface area contributed by atoms with Gasteiger partial charge in [-0.15, -0.1) is 0 Å². The summed E-state index contributed by atoms with van der Waals surface area (Å²) in [5.41, 5.74) is 7.54. The maximum Gasteiger partial charge on any atom is 0.118 e. The second kappa shape index (κ2) is 5.51. The van der Waals surface area contributed by atoms with E-state index in [4.69, 9.17) is 10.5 Å².